The molecule has 0 saturated carbocycles. The van der Waals surface area contributed by atoms with Crippen molar-refractivity contribution in [2.75, 3.05) is 0 Å². The first kappa shape index (κ1) is 7.53. The van der Waals surface area contributed by atoms with Gasteiger partial charge in [0.15, 0.2) is 0 Å². The first-order chi connectivity index (χ1) is 5.11. The number of carboxylic acid groups (broad SMARTS) is 1. The summed E-state index contributed by atoms with van der Waals surface area (Å²) in [5, 5.41) is 8.37. The molecule has 0 unspecified atom stereocenters. The molecule has 0 radical (unpaired) electrons. The number of carbonyl (C=O) groups is 1. The lowest BCUT2D eigenvalue weighted by Gasteiger charge is -1.91. The monoisotopic (exact) mass is 154 g/mol. The summed E-state index contributed by atoms with van der Waals surface area (Å²) < 4.78 is 4.41. The van der Waals surface area contributed by atoms with Crippen molar-refractivity contribution in [3.8, 4) is 0 Å². The molecule has 1 heterocycles. The highest BCUT2D eigenvalue weighted by Gasteiger charge is 2.05. The van der Waals surface area contributed by atoms with Gasteiger partial charge in [0.25, 0.3) is 0 Å². The fourth-order valence-electron chi connectivity index (χ4n) is 0.598. The predicted octanol–water partition coefficient (Wildman–Crippen LogP) is 0.646. The van der Waals surface area contributed by atoms with Crippen LogP contribution in [0.15, 0.2) is 21.3 Å². The van der Waals surface area contributed by atoms with E-state index in [0.717, 1.165) is 0 Å². The van der Waals surface area contributed by atoms with E-state index >= 15 is 0 Å². The van der Waals surface area contributed by atoms with Gasteiger partial charge in [-0.3, -0.25) is 0 Å². The second-order valence-corrected chi connectivity index (χ2v) is 2.08. The van der Waals surface area contributed by atoms with Crippen LogP contribution >= 0.6 is 0 Å². The summed E-state index contributed by atoms with van der Waals surface area (Å²) in [5.74, 6) is -1.57. The Hall–Kier alpha value is -1.58. The van der Waals surface area contributed by atoms with Crippen LogP contribution < -0.4 is 5.63 Å². The first-order valence-electron chi connectivity index (χ1n) is 2.95. The zero-order chi connectivity index (χ0) is 8.43. The van der Waals surface area contributed by atoms with Gasteiger partial charge in [-0.25, -0.2) is 9.59 Å². The van der Waals surface area contributed by atoms with Crippen molar-refractivity contribution < 1.29 is 14.3 Å². The van der Waals surface area contributed by atoms with E-state index in [1.807, 2.05) is 0 Å². The molecule has 0 spiro atoms. The number of rotatable bonds is 1. The van der Waals surface area contributed by atoms with E-state index in [-0.39, 0.29) is 5.76 Å². The molecule has 0 atom stereocenters. The first-order valence-corrected chi connectivity index (χ1v) is 2.95. The second kappa shape index (κ2) is 2.57. The summed E-state index contributed by atoms with van der Waals surface area (Å²) in [4.78, 5) is 20.9. The van der Waals surface area contributed by atoms with Gasteiger partial charge < -0.3 is 9.52 Å². The highest BCUT2D eigenvalue weighted by atomic mass is 16.4. The van der Waals surface area contributed by atoms with Crippen molar-refractivity contribution in [1.82, 2.24) is 0 Å². The largest absolute Gasteiger partial charge is 0.475 e. The normalized spacial score (nSPS) is 9.55. The molecular weight excluding hydrogens is 148 g/mol. The quantitative estimate of drug-likeness (QED) is 0.644. The van der Waals surface area contributed by atoms with Crippen molar-refractivity contribution in [3.05, 3.63) is 33.9 Å². The Morgan fingerprint density at radius 2 is 2.18 bits per heavy atom. The van der Waals surface area contributed by atoms with Gasteiger partial charge in [-0.05, 0) is 19.1 Å². The Morgan fingerprint density at radius 3 is 2.64 bits per heavy atom. The van der Waals surface area contributed by atoms with Crippen LogP contribution in [0.3, 0.4) is 0 Å². The maximum atomic E-state index is 10.7. The lowest BCUT2D eigenvalue weighted by molar-refractivity contribution is 0.0657. The van der Waals surface area contributed by atoms with Gasteiger partial charge in [-0.15, -0.1) is 0 Å². The highest BCUT2D eigenvalue weighted by Crippen LogP contribution is 1.96. The smallest absolute Gasteiger partial charge is 0.371 e. The number of aromatic carboxylic acids is 1. The zero-order valence-corrected chi connectivity index (χ0v) is 5.83. The number of carboxylic acids is 1. The van der Waals surface area contributed by atoms with Crippen LogP contribution in [0, 0.1) is 6.92 Å². The third-order valence-corrected chi connectivity index (χ3v) is 1.22. The summed E-state index contributed by atoms with van der Waals surface area (Å²) in [7, 11) is 0. The summed E-state index contributed by atoms with van der Waals surface area (Å²) in [6.07, 6.45) is 0. The van der Waals surface area contributed by atoms with Crippen LogP contribution in [0.2, 0.25) is 0 Å². The summed E-state index contributed by atoms with van der Waals surface area (Å²) in [6, 6.07) is 2.66. The van der Waals surface area contributed by atoms with E-state index in [2.05, 4.69) is 4.42 Å². The van der Waals surface area contributed by atoms with Crippen molar-refractivity contribution in [1.29, 1.82) is 0 Å². The summed E-state index contributed by atoms with van der Waals surface area (Å²) >= 11 is 0. The van der Waals surface area contributed by atoms with Crippen LogP contribution in [-0.2, 0) is 0 Å². The molecule has 1 rings (SSSR count). The zero-order valence-electron chi connectivity index (χ0n) is 5.83. The van der Waals surface area contributed by atoms with Crippen LogP contribution in [0.1, 0.15) is 16.1 Å². The van der Waals surface area contributed by atoms with Crippen LogP contribution in [0.5, 0.6) is 0 Å². The number of aryl methyl sites for hydroxylation is 1. The van der Waals surface area contributed by atoms with Crippen molar-refractivity contribution in [3.63, 3.8) is 0 Å². The number of hydrogen-bond donors (Lipinski definition) is 1. The topological polar surface area (TPSA) is 67.5 Å². The van der Waals surface area contributed by atoms with Crippen molar-refractivity contribution in [2.45, 2.75) is 6.92 Å². The molecule has 0 aromatic carbocycles. The minimum atomic E-state index is -1.23. The average molecular weight is 154 g/mol. The lowest BCUT2D eigenvalue weighted by atomic mass is 10.3. The lowest BCUT2D eigenvalue weighted by Crippen LogP contribution is -2.07. The summed E-state index contributed by atoms with van der Waals surface area (Å²) in [6.45, 7) is 1.55. The van der Waals surface area contributed by atoms with E-state index in [1.54, 1.807) is 6.92 Å². The molecule has 58 valence electrons. The maximum absolute atomic E-state index is 10.7. The molecule has 4 nitrogen and oxygen atoms in total. The predicted molar refractivity (Wildman–Crippen MR) is 36.7 cm³/mol. The van der Waals surface area contributed by atoms with E-state index in [0.29, 0.717) is 5.56 Å². The van der Waals surface area contributed by atoms with E-state index in [9.17, 15) is 9.59 Å². The third-order valence-electron chi connectivity index (χ3n) is 1.22. The Labute approximate surface area is 62.1 Å². The fourth-order valence-corrected chi connectivity index (χ4v) is 0.598. The van der Waals surface area contributed by atoms with E-state index in [1.165, 1.54) is 12.1 Å². The number of hydrogen-bond acceptors (Lipinski definition) is 3. The molecule has 0 bridgehead atoms. The highest BCUT2D eigenvalue weighted by molar-refractivity contribution is 5.83. The van der Waals surface area contributed by atoms with Crippen LogP contribution in [-0.4, -0.2) is 11.1 Å². The molecular formula is C7H6O4. The summed E-state index contributed by atoms with van der Waals surface area (Å²) in [5.41, 5.74) is -0.208. The fraction of sp³-hybridized carbons (Fsp3) is 0.143. The van der Waals surface area contributed by atoms with Crippen LogP contribution in [0.25, 0.3) is 0 Å². The molecule has 1 N–H and O–H groups in total. The van der Waals surface area contributed by atoms with Gasteiger partial charge in [-0.1, -0.05) is 0 Å². The SMILES string of the molecule is Cc1ccc(C(=O)O)oc1=O. The van der Waals surface area contributed by atoms with Gasteiger partial charge in [0, 0.05) is 5.56 Å². The standard InChI is InChI=1S/C7H6O4/c1-4-2-3-5(6(8)9)11-7(4)10/h2-3H,1H3,(H,8,9). The molecule has 0 aliphatic heterocycles. The molecule has 0 saturated heterocycles. The second-order valence-electron chi connectivity index (χ2n) is 2.08. The minimum Gasteiger partial charge on any atom is -0.475 e. The van der Waals surface area contributed by atoms with Gasteiger partial charge in [-0.2, -0.15) is 0 Å². The Morgan fingerprint density at radius 1 is 1.55 bits per heavy atom. The van der Waals surface area contributed by atoms with Crippen molar-refractivity contribution in [2.24, 2.45) is 0 Å². The Bertz CT molecular complexity index is 337. The minimum absolute atomic E-state index is 0.333. The molecule has 0 amide bonds. The molecule has 1 aromatic rings. The Balaban J connectivity index is 3.26. The molecule has 0 aliphatic rings. The van der Waals surface area contributed by atoms with E-state index in [4.69, 9.17) is 5.11 Å². The van der Waals surface area contributed by atoms with Gasteiger partial charge in [0.2, 0.25) is 5.76 Å². The molecule has 11 heavy (non-hydrogen) atoms. The molecule has 0 fully saturated rings. The molecule has 1 aromatic heterocycles. The van der Waals surface area contributed by atoms with Gasteiger partial charge in [0.1, 0.15) is 0 Å². The van der Waals surface area contributed by atoms with Crippen LogP contribution in [0.4, 0.5) is 0 Å². The maximum Gasteiger partial charge on any atom is 0.371 e. The van der Waals surface area contributed by atoms with Gasteiger partial charge >= 0.3 is 11.6 Å². The molecule has 4 heteroatoms. The molecule has 0 aliphatic carbocycles. The third kappa shape index (κ3) is 1.46. The average Bonchev–Trinajstić information content (AvgIpc) is 1.94. The van der Waals surface area contributed by atoms with Gasteiger partial charge in [0.05, 0.1) is 0 Å². The van der Waals surface area contributed by atoms with Crippen molar-refractivity contribution >= 4 is 5.97 Å². The Kier molecular flexibility index (Phi) is 1.76. The van der Waals surface area contributed by atoms with E-state index < -0.39 is 11.6 Å².